The Morgan fingerprint density at radius 3 is 2.44 bits per heavy atom. The number of unbranched alkanes of at least 4 members (excludes halogenated alkanes) is 1. The van der Waals surface area contributed by atoms with Crippen molar-refractivity contribution >= 4 is 0 Å². The minimum absolute atomic E-state index is 0.472. The van der Waals surface area contributed by atoms with Crippen molar-refractivity contribution in [3.8, 4) is 0 Å². The first kappa shape index (κ1) is 14.0. The van der Waals surface area contributed by atoms with E-state index in [1.807, 2.05) is 0 Å². The number of nitrogens with two attached hydrogens (primary N) is 1. The van der Waals surface area contributed by atoms with Gasteiger partial charge in [0.2, 0.25) is 0 Å². The van der Waals surface area contributed by atoms with Gasteiger partial charge in [-0.05, 0) is 44.6 Å². The fourth-order valence-corrected chi connectivity index (χ4v) is 2.60. The summed E-state index contributed by atoms with van der Waals surface area (Å²) in [5.41, 5.74) is 5.92. The van der Waals surface area contributed by atoms with Crippen molar-refractivity contribution in [3.05, 3.63) is 0 Å². The predicted octanol–water partition coefficient (Wildman–Crippen LogP) is 3.06. The van der Waals surface area contributed by atoms with Crippen molar-refractivity contribution in [1.29, 1.82) is 0 Å². The standard InChI is InChI=1S/C14H30N2/c1-3-5-6-12(4-2)11-16-14-9-7-13(15)8-10-14/h12-14,16H,3-11,15H2,1-2H3. The fraction of sp³-hybridized carbons (Fsp3) is 1.00. The Kier molecular flexibility index (Phi) is 7.06. The lowest BCUT2D eigenvalue weighted by Crippen LogP contribution is -2.39. The molecule has 1 saturated carbocycles. The Hall–Kier alpha value is -0.0800. The molecule has 1 unspecified atom stereocenters. The predicted molar refractivity (Wildman–Crippen MR) is 71.5 cm³/mol. The highest BCUT2D eigenvalue weighted by molar-refractivity contribution is 4.79. The molecule has 1 atom stereocenters. The molecule has 0 spiro atoms. The minimum Gasteiger partial charge on any atom is -0.328 e. The largest absolute Gasteiger partial charge is 0.328 e. The molecule has 0 aliphatic heterocycles. The van der Waals surface area contributed by atoms with E-state index in [0.29, 0.717) is 6.04 Å². The van der Waals surface area contributed by atoms with Gasteiger partial charge >= 0.3 is 0 Å². The molecule has 0 aromatic rings. The van der Waals surface area contributed by atoms with Gasteiger partial charge in [0, 0.05) is 12.1 Å². The van der Waals surface area contributed by atoms with Gasteiger partial charge < -0.3 is 11.1 Å². The zero-order valence-corrected chi connectivity index (χ0v) is 11.2. The van der Waals surface area contributed by atoms with Crippen LogP contribution in [0.25, 0.3) is 0 Å². The molecule has 0 bridgehead atoms. The lowest BCUT2D eigenvalue weighted by atomic mass is 9.91. The molecule has 1 aliphatic rings. The van der Waals surface area contributed by atoms with E-state index in [9.17, 15) is 0 Å². The van der Waals surface area contributed by atoms with Crippen LogP contribution in [-0.4, -0.2) is 18.6 Å². The van der Waals surface area contributed by atoms with Crippen molar-refractivity contribution < 1.29 is 0 Å². The molecular formula is C14H30N2. The maximum atomic E-state index is 5.92. The molecule has 0 saturated heterocycles. The molecule has 1 fully saturated rings. The SMILES string of the molecule is CCCCC(CC)CNC1CCC(N)CC1. The molecule has 0 amide bonds. The van der Waals surface area contributed by atoms with E-state index in [1.165, 1.54) is 57.9 Å². The number of hydrogen-bond acceptors (Lipinski definition) is 2. The van der Waals surface area contributed by atoms with E-state index in [-0.39, 0.29) is 0 Å². The maximum absolute atomic E-state index is 5.92. The first-order chi connectivity index (χ1) is 7.76. The quantitative estimate of drug-likeness (QED) is 0.700. The van der Waals surface area contributed by atoms with E-state index in [0.717, 1.165) is 12.0 Å². The van der Waals surface area contributed by atoms with Crippen LogP contribution in [0.2, 0.25) is 0 Å². The lowest BCUT2D eigenvalue weighted by molar-refractivity contribution is 0.313. The molecule has 2 heteroatoms. The Balaban J connectivity index is 2.11. The molecule has 96 valence electrons. The van der Waals surface area contributed by atoms with Gasteiger partial charge in [0.25, 0.3) is 0 Å². The second-order valence-corrected chi connectivity index (χ2v) is 5.44. The van der Waals surface area contributed by atoms with Crippen molar-refractivity contribution in [1.82, 2.24) is 5.32 Å². The topological polar surface area (TPSA) is 38.0 Å². The van der Waals surface area contributed by atoms with Crippen LogP contribution in [0, 0.1) is 5.92 Å². The summed E-state index contributed by atoms with van der Waals surface area (Å²) < 4.78 is 0. The van der Waals surface area contributed by atoms with Gasteiger partial charge in [-0.2, -0.15) is 0 Å². The summed E-state index contributed by atoms with van der Waals surface area (Å²) in [7, 11) is 0. The molecule has 0 radical (unpaired) electrons. The highest BCUT2D eigenvalue weighted by atomic mass is 14.9. The third-order valence-electron chi connectivity index (χ3n) is 4.01. The van der Waals surface area contributed by atoms with Crippen LogP contribution in [0.15, 0.2) is 0 Å². The summed E-state index contributed by atoms with van der Waals surface area (Å²) in [6.07, 6.45) is 10.4. The molecule has 2 nitrogen and oxygen atoms in total. The monoisotopic (exact) mass is 226 g/mol. The van der Waals surface area contributed by atoms with E-state index >= 15 is 0 Å². The molecule has 1 aliphatic carbocycles. The van der Waals surface area contributed by atoms with Crippen LogP contribution in [0.1, 0.15) is 65.2 Å². The van der Waals surface area contributed by atoms with Gasteiger partial charge in [-0.15, -0.1) is 0 Å². The first-order valence-corrected chi connectivity index (χ1v) is 7.25. The molecule has 1 rings (SSSR count). The zero-order chi connectivity index (χ0) is 11.8. The summed E-state index contributed by atoms with van der Waals surface area (Å²) in [6, 6.07) is 1.22. The minimum atomic E-state index is 0.472. The second-order valence-electron chi connectivity index (χ2n) is 5.44. The van der Waals surface area contributed by atoms with E-state index < -0.39 is 0 Å². The van der Waals surface area contributed by atoms with Crippen LogP contribution in [0.3, 0.4) is 0 Å². The van der Waals surface area contributed by atoms with Crippen LogP contribution in [0.5, 0.6) is 0 Å². The lowest BCUT2D eigenvalue weighted by Gasteiger charge is -2.28. The molecule has 0 aromatic heterocycles. The normalized spacial score (nSPS) is 27.9. The highest BCUT2D eigenvalue weighted by Crippen LogP contribution is 2.18. The molecular weight excluding hydrogens is 196 g/mol. The first-order valence-electron chi connectivity index (χ1n) is 7.25. The fourth-order valence-electron chi connectivity index (χ4n) is 2.60. The summed E-state index contributed by atoms with van der Waals surface area (Å²) in [4.78, 5) is 0. The van der Waals surface area contributed by atoms with Crippen LogP contribution in [-0.2, 0) is 0 Å². The zero-order valence-electron chi connectivity index (χ0n) is 11.2. The van der Waals surface area contributed by atoms with Crippen molar-refractivity contribution in [2.75, 3.05) is 6.54 Å². The van der Waals surface area contributed by atoms with Crippen LogP contribution < -0.4 is 11.1 Å². The second kappa shape index (κ2) is 8.08. The van der Waals surface area contributed by atoms with Gasteiger partial charge in [0.15, 0.2) is 0 Å². The molecule has 0 aromatic carbocycles. The Bertz CT molecular complexity index is 157. The van der Waals surface area contributed by atoms with Gasteiger partial charge in [0.1, 0.15) is 0 Å². The summed E-state index contributed by atoms with van der Waals surface area (Å²) >= 11 is 0. The third-order valence-corrected chi connectivity index (χ3v) is 4.01. The Morgan fingerprint density at radius 1 is 1.19 bits per heavy atom. The van der Waals surface area contributed by atoms with Crippen LogP contribution >= 0.6 is 0 Å². The number of hydrogen-bond donors (Lipinski definition) is 2. The summed E-state index contributed by atoms with van der Waals surface area (Å²) in [5.74, 6) is 0.885. The van der Waals surface area contributed by atoms with E-state index in [4.69, 9.17) is 5.73 Å². The third kappa shape index (κ3) is 5.31. The highest BCUT2D eigenvalue weighted by Gasteiger charge is 2.18. The van der Waals surface area contributed by atoms with Crippen molar-refractivity contribution in [2.24, 2.45) is 11.7 Å². The van der Waals surface area contributed by atoms with Gasteiger partial charge in [-0.3, -0.25) is 0 Å². The smallest absolute Gasteiger partial charge is 0.00683 e. The van der Waals surface area contributed by atoms with E-state index in [2.05, 4.69) is 19.2 Å². The summed E-state index contributed by atoms with van der Waals surface area (Å²) in [5, 5.41) is 3.75. The van der Waals surface area contributed by atoms with Gasteiger partial charge in [-0.25, -0.2) is 0 Å². The van der Waals surface area contributed by atoms with E-state index in [1.54, 1.807) is 0 Å². The molecule has 3 N–H and O–H groups in total. The Labute approximate surface area is 101 Å². The van der Waals surface area contributed by atoms with Gasteiger partial charge in [-0.1, -0.05) is 33.1 Å². The maximum Gasteiger partial charge on any atom is 0.00683 e. The Morgan fingerprint density at radius 2 is 1.88 bits per heavy atom. The summed E-state index contributed by atoms with van der Waals surface area (Å²) in [6.45, 7) is 5.82. The van der Waals surface area contributed by atoms with Crippen molar-refractivity contribution in [3.63, 3.8) is 0 Å². The average molecular weight is 226 g/mol. The van der Waals surface area contributed by atoms with Crippen LogP contribution in [0.4, 0.5) is 0 Å². The number of rotatable bonds is 7. The number of nitrogens with one attached hydrogen (secondary N) is 1. The molecule has 0 heterocycles. The van der Waals surface area contributed by atoms with Crippen molar-refractivity contribution in [2.45, 2.75) is 77.3 Å². The molecule has 16 heavy (non-hydrogen) atoms. The average Bonchev–Trinajstić information content (AvgIpc) is 2.32. The van der Waals surface area contributed by atoms with Gasteiger partial charge in [0.05, 0.1) is 0 Å².